The molecule has 0 fully saturated rings. The molecule has 2 aromatic rings. The molecule has 35 heavy (non-hydrogen) atoms. The minimum atomic E-state index is -0.863. The number of rotatable bonds is 9. The molecule has 0 spiro atoms. The van der Waals surface area contributed by atoms with Crippen molar-refractivity contribution in [3.05, 3.63) is 53.3 Å². The van der Waals surface area contributed by atoms with E-state index in [1.54, 1.807) is 0 Å². The number of anilines is 1. The van der Waals surface area contributed by atoms with Crippen LogP contribution in [0.1, 0.15) is 27.1 Å². The molecule has 0 atom stereocenters. The van der Waals surface area contributed by atoms with E-state index in [0.29, 0.717) is 0 Å². The van der Waals surface area contributed by atoms with Gasteiger partial charge < -0.3 is 19.5 Å². The number of nitrogens with one attached hydrogen (secondary N) is 1. The molecule has 2 aromatic carbocycles. The summed E-state index contributed by atoms with van der Waals surface area (Å²) in [5.74, 6) is 0.434. The molecule has 2 rings (SSSR count). The van der Waals surface area contributed by atoms with Crippen molar-refractivity contribution < 1.29 is 37.8 Å². The Bertz CT molecular complexity index is 1210. The third-order valence-electron chi connectivity index (χ3n) is 4.58. The fourth-order valence-electron chi connectivity index (χ4n) is 2.90. The van der Waals surface area contributed by atoms with E-state index >= 15 is 0 Å². The lowest BCUT2D eigenvalue weighted by Crippen LogP contribution is -2.37. The summed E-state index contributed by atoms with van der Waals surface area (Å²) in [5, 5.41) is 2.37. The molecular weight excluding hydrogens is 459 g/mol. The van der Waals surface area contributed by atoms with E-state index in [1.165, 1.54) is 31.4 Å². The molecule has 0 radical (unpaired) electrons. The summed E-state index contributed by atoms with van der Waals surface area (Å²) >= 11 is 0. The van der Waals surface area contributed by atoms with Crippen LogP contribution in [-0.2, 0) is 14.3 Å². The number of hydrogen-bond acceptors (Lipinski definition) is 7. The number of halogens is 1. The minimum Gasteiger partial charge on any atom is -0.493 e. The molecular formula is C25H21FN2O7. The zero-order valence-electron chi connectivity index (χ0n) is 18.9. The van der Waals surface area contributed by atoms with Gasteiger partial charge in [-0.2, -0.15) is 0 Å². The predicted molar refractivity (Wildman–Crippen MR) is 123 cm³/mol. The molecule has 0 aliphatic carbocycles. The summed E-state index contributed by atoms with van der Waals surface area (Å²) in [6.07, 6.45) is 10.4. The van der Waals surface area contributed by atoms with E-state index in [0.717, 1.165) is 24.1 Å². The topological polar surface area (TPSA) is 111 Å². The summed E-state index contributed by atoms with van der Waals surface area (Å²) in [6.45, 7) is -0.111. The van der Waals surface area contributed by atoms with E-state index in [-0.39, 0.29) is 47.9 Å². The van der Waals surface area contributed by atoms with E-state index in [9.17, 15) is 23.6 Å². The van der Waals surface area contributed by atoms with Gasteiger partial charge in [0, 0.05) is 24.2 Å². The smallest absolute Gasteiger partial charge is 0.340 e. The van der Waals surface area contributed by atoms with Gasteiger partial charge in [-0.25, -0.2) is 9.18 Å². The predicted octanol–water partition coefficient (Wildman–Crippen LogP) is 2.26. The van der Waals surface area contributed by atoms with Crippen LogP contribution in [0.15, 0.2) is 36.4 Å². The number of carbonyl (C=O) groups is 4. The highest BCUT2D eigenvalue weighted by atomic mass is 19.1. The molecule has 0 saturated heterocycles. The van der Waals surface area contributed by atoms with Gasteiger partial charge in [0.15, 0.2) is 11.5 Å². The first kappa shape index (κ1) is 26.4. The molecule has 0 bridgehead atoms. The second kappa shape index (κ2) is 12.4. The average Bonchev–Trinajstić information content (AvgIpc) is 2.87. The lowest BCUT2D eigenvalue weighted by molar-refractivity contribution is -0.122. The Morgan fingerprint density at radius 1 is 1.03 bits per heavy atom. The summed E-state index contributed by atoms with van der Waals surface area (Å²) in [6, 6.07) is 7.30. The first-order valence-electron chi connectivity index (χ1n) is 10.0. The largest absolute Gasteiger partial charge is 0.493 e. The molecule has 1 N–H and O–H groups in total. The molecule has 0 unspecified atom stereocenters. The number of methoxy groups -OCH3 is 2. The number of hydrogen-bond donors (Lipinski definition) is 1. The maximum Gasteiger partial charge on any atom is 0.340 e. The van der Waals surface area contributed by atoms with Crippen molar-refractivity contribution in [2.24, 2.45) is 0 Å². The number of ether oxygens (including phenoxy) is 3. The maximum atomic E-state index is 13.1. The van der Waals surface area contributed by atoms with Gasteiger partial charge in [-0.1, -0.05) is 0 Å². The summed E-state index contributed by atoms with van der Waals surface area (Å²) in [7, 11) is 2.51. The molecule has 0 saturated carbocycles. The second-order valence-electron chi connectivity index (χ2n) is 6.75. The van der Waals surface area contributed by atoms with Gasteiger partial charge in [-0.3, -0.25) is 19.3 Å². The number of amides is 3. The van der Waals surface area contributed by atoms with Crippen LogP contribution in [0, 0.1) is 30.5 Å². The van der Waals surface area contributed by atoms with Crippen LogP contribution in [0.4, 0.5) is 10.1 Å². The normalized spacial score (nSPS) is 9.74. The van der Waals surface area contributed by atoms with Crippen LogP contribution in [0.5, 0.6) is 11.5 Å². The minimum absolute atomic E-state index is 0.0158. The Balaban J connectivity index is 2.17. The van der Waals surface area contributed by atoms with Crippen molar-refractivity contribution >= 4 is 29.4 Å². The lowest BCUT2D eigenvalue weighted by Gasteiger charge is -2.19. The van der Waals surface area contributed by atoms with Gasteiger partial charge in [-0.15, -0.1) is 12.8 Å². The molecule has 0 heterocycles. The first-order chi connectivity index (χ1) is 16.7. The van der Waals surface area contributed by atoms with Crippen LogP contribution < -0.4 is 14.8 Å². The highest BCUT2D eigenvalue weighted by Crippen LogP contribution is 2.34. The van der Waals surface area contributed by atoms with Gasteiger partial charge in [0.25, 0.3) is 11.8 Å². The molecule has 0 aromatic heterocycles. The fraction of sp³-hybridized carbons (Fsp3) is 0.200. The summed E-state index contributed by atoms with van der Waals surface area (Å²) < 4.78 is 28.8. The third-order valence-corrected chi connectivity index (χ3v) is 4.58. The van der Waals surface area contributed by atoms with Gasteiger partial charge in [0.2, 0.25) is 0 Å². The number of esters is 1. The zero-order chi connectivity index (χ0) is 26.0. The Hall–Kier alpha value is -4.83. The van der Waals surface area contributed by atoms with Crippen molar-refractivity contribution in [2.45, 2.75) is 6.42 Å². The van der Waals surface area contributed by atoms with Crippen molar-refractivity contribution in [1.29, 1.82) is 0 Å². The van der Waals surface area contributed by atoms with Crippen molar-refractivity contribution in [3.8, 4) is 36.2 Å². The Labute approximate surface area is 201 Å². The van der Waals surface area contributed by atoms with Gasteiger partial charge in [0.05, 0.1) is 32.1 Å². The van der Waals surface area contributed by atoms with E-state index in [2.05, 4.69) is 5.32 Å². The van der Waals surface area contributed by atoms with Crippen LogP contribution in [0.2, 0.25) is 0 Å². The van der Waals surface area contributed by atoms with Crippen LogP contribution in [0.3, 0.4) is 0 Å². The number of nitrogens with zero attached hydrogens (tertiary/aromatic N) is 1. The van der Waals surface area contributed by atoms with Crippen molar-refractivity contribution in [3.63, 3.8) is 0 Å². The molecule has 180 valence electrons. The molecule has 9 nitrogen and oxygen atoms in total. The standard InChI is InChI=1S/C25H21FN2O7/c1-5-22(29)27-19-15-20(33-3)21(14-18(19)25(32)34-4)35-13-7-12-28(23(30)6-2)24(31)16-8-10-17(26)11-9-16/h1-2,8-11,14-15H,7,12-13H2,3-4H3,(H,27,29). The monoisotopic (exact) mass is 480 g/mol. The summed E-state index contributed by atoms with van der Waals surface area (Å²) in [4.78, 5) is 49.3. The Morgan fingerprint density at radius 2 is 1.71 bits per heavy atom. The molecule has 3 amide bonds. The SMILES string of the molecule is C#CC(=O)Nc1cc(OC)c(OCCCN(C(=O)C#C)C(=O)c2ccc(F)cc2)cc1C(=O)OC. The van der Waals surface area contributed by atoms with Crippen molar-refractivity contribution in [2.75, 3.05) is 32.7 Å². The fourth-order valence-corrected chi connectivity index (χ4v) is 2.90. The Kier molecular flexibility index (Phi) is 9.38. The van der Waals surface area contributed by atoms with Gasteiger partial charge >= 0.3 is 11.9 Å². The van der Waals surface area contributed by atoms with Gasteiger partial charge in [0.1, 0.15) is 5.82 Å². The number of carbonyl (C=O) groups excluding carboxylic acids is 4. The van der Waals surface area contributed by atoms with E-state index in [4.69, 9.17) is 27.1 Å². The third kappa shape index (κ3) is 6.83. The average molecular weight is 480 g/mol. The first-order valence-corrected chi connectivity index (χ1v) is 10.0. The second-order valence-corrected chi connectivity index (χ2v) is 6.75. The number of terminal acetylenes is 2. The molecule has 10 heteroatoms. The highest BCUT2D eigenvalue weighted by Gasteiger charge is 2.22. The van der Waals surface area contributed by atoms with Crippen LogP contribution >= 0.6 is 0 Å². The summed E-state index contributed by atoms with van der Waals surface area (Å²) in [5.41, 5.74) is 0.104. The van der Waals surface area contributed by atoms with Crippen LogP contribution in [0.25, 0.3) is 0 Å². The lowest BCUT2D eigenvalue weighted by atomic mass is 10.1. The van der Waals surface area contributed by atoms with E-state index in [1.807, 2.05) is 11.8 Å². The number of imide groups is 1. The molecule has 0 aliphatic rings. The van der Waals surface area contributed by atoms with E-state index < -0.39 is 29.5 Å². The molecule has 0 aliphatic heterocycles. The maximum absolute atomic E-state index is 13.1. The van der Waals surface area contributed by atoms with Crippen LogP contribution in [-0.4, -0.2) is 56.0 Å². The van der Waals surface area contributed by atoms with Gasteiger partial charge in [-0.05, 0) is 42.5 Å². The zero-order valence-corrected chi connectivity index (χ0v) is 18.9. The highest BCUT2D eigenvalue weighted by molar-refractivity contribution is 6.10. The Morgan fingerprint density at radius 3 is 2.29 bits per heavy atom. The van der Waals surface area contributed by atoms with Crippen molar-refractivity contribution in [1.82, 2.24) is 4.90 Å². The quantitative estimate of drug-likeness (QED) is 0.333. The number of benzene rings is 2.